The molecule has 0 atom stereocenters. The van der Waals surface area contributed by atoms with Crippen LogP contribution in [0.25, 0.3) is 0 Å². The van der Waals surface area contributed by atoms with Crippen molar-refractivity contribution in [1.29, 1.82) is 0 Å². The van der Waals surface area contributed by atoms with Crippen molar-refractivity contribution in [1.82, 2.24) is 0 Å². The third-order valence-corrected chi connectivity index (χ3v) is 10.7. The summed E-state index contributed by atoms with van der Waals surface area (Å²) in [7, 11) is -3.64. The summed E-state index contributed by atoms with van der Waals surface area (Å²) in [4.78, 5) is 11.6. The van der Waals surface area contributed by atoms with Crippen LogP contribution in [0.5, 0.6) is 0 Å². The van der Waals surface area contributed by atoms with Gasteiger partial charge in [-0.1, -0.05) is 23.9 Å². The molecule has 0 unspecified atom stereocenters. The molecule has 0 aromatic carbocycles. The van der Waals surface area contributed by atoms with Crippen LogP contribution in [0.2, 0.25) is 6.04 Å². The van der Waals surface area contributed by atoms with Gasteiger partial charge in [0.2, 0.25) is 0 Å². The van der Waals surface area contributed by atoms with Gasteiger partial charge < -0.3 is 31.9 Å². The predicted molar refractivity (Wildman–Crippen MR) is 167 cm³/mol. The van der Waals surface area contributed by atoms with Crippen molar-refractivity contribution in [3.8, 4) is 0 Å². The molecule has 0 radical (unpaired) electrons. The second-order valence-corrected chi connectivity index (χ2v) is 14.2. The van der Waals surface area contributed by atoms with E-state index in [2.05, 4.69) is 32.2 Å². The largest absolute Gasteiger partial charge is 0.501 e. The lowest BCUT2D eigenvalue weighted by atomic mass is 10.0. The molecule has 8 nitrogen and oxygen atoms in total. The summed E-state index contributed by atoms with van der Waals surface area (Å²) < 4.78 is 41.5. The van der Waals surface area contributed by atoms with E-state index < -0.39 is 24.2 Å². The van der Waals surface area contributed by atoms with Gasteiger partial charge in [-0.25, -0.2) is 4.79 Å². The molecule has 0 aromatic rings. The van der Waals surface area contributed by atoms with Crippen molar-refractivity contribution in [2.24, 2.45) is 0 Å². The molecule has 0 aliphatic heterocycles. The maximum atomic E-state index is 11.6. The zero-order valence-electron chi connectivity index (χ0n) is 26.9. The first-order valence-corrected chi connectivity index (χ1v) is 18.2. The smallest absolute Gasteiger partial charge is 0.462 e. The van der Waals surface area contributed by atoms with Gasteiger partial charge in [0.15, 0.2) is 16.1 Å². The van der Waals surface area contributed by atoms with Gasteiger partial charge in [0.25, 0.3) is 0 Å². The van der Waals surface area contributed by atoms with Crippen molar-refractivity contribution in [3.63, 3.8) is 0 Å². The summed E-state index contributed by atoms with van der Waals surface area (Å²) in [6, 6.07) is 0.699. The highest BCUT2D eigenvalue weighted by Gasteiger charge is 2.44. The lowest BCUT2D eigenvalue weighted by Crippen LogP contribution is -2.51. The molecule has 10 heteroatoms. The van der Waals surface area contributed by atoms with Gasteiger partial charge in [-0.3, -0.25) is 0 Å². The van der Waals surface area contributed by atoms with Crippen LogP contribution in [0, 0.1) is 0 Å². The Morgan fingerprint density at radius 1 is 0.950 bits per heavy atom. The summed E-state index contributed by atoms with van der Waals surface area (Å²) in [5.41, 5.74) is 4.69. The molecule has 0 N–H and O–H groups in total. The van der Waals surface area contributed by atoms with Crippen LogP contribution in [0.4, 0.5) is 0 Å². The molecular formula is C30H58O8Si2. The number of rotatable bonds is 25. The number of hydrogen-bond acceptors (Lipinski definition) is 8. The second kappa shape index (κ2) is 22.5. The van der Waals surface area contributed by atoms with Crippen molar-refractivity contribution in [2.75, 3.05) is 39.6 Å². The van der Waals surface area contributed by atoms with E-state index in [4.69, 9.17) is 31.9 Å². The average Bonchev–Trinajstić information content (AvgIpc) is 2.88. The monoisotopic (exact) mass is 602 g/mol. The molecule has 0 rings (SSSR count). The molecule has 234 valence electrons. The molecule has 0 aliphatic rings. The highest BCUT2D eigenvalue weighted by Crippen LogP contribution is 2.28. The van der Waals surface area contributed by atoms with Crippen LogP contribution in [0.15, 0.2) is 35.1 Å². The zero-order chi connectivity index (χ0) is 30.4. The van der Waals surface area contributed by atoms with Crippen LogP contribution in [0.3, 0.4) is 0 Å². The fraction of sp³-hybridized carbons (Fsp3) is 0.767. The standard InChI is InChI=1S/C30H58O8Si2/c1-11-32-29(33-12-2)27(8)19-15-18-26(7)24-39-35-22-17-23-40(36-13-3,37-14-4)38-30(9,10)20-16-21-34-28(31)25(5)6/h19,24,29H,5,11-18,20-23,39H2,1-4,6-10H3/b26-24-,27-19?. The van der Waals surface area contributed by atoms with Crippen molar-refractivity contribution >= 4 is 24.5 Å². The van der Waals surface area contributed by atoms with Gasteiger partial charge in [0.1, 0.15) is 0 Å². The highest BCUT2D eigenvalue weighted by atomic mass is 28.4. The van der Waals surface area contributed by atoms with E-state index in [9.17, 15) is 4.79 Å². The van der Waals surface area contributed by atoms with Gasteiger partial charge in [-0.15, -0.1) is 0 Å². The number of ether oxygens (including phenoxy) is 3. The first-order chi connectivity index (χ1) is 19.0. The lowest BCUT2D eigenvalue weighted by molar-refractivity contribution is -0.139. The van der Waals surface area contributed by atoms with E-state index in [1.165, 1.54) is 5.57 Å². The zero-order valence-corrected chi connectivity index (χ0v) is 29.3. The van der Waals surface area contributed by atoms with Crippen LogP contribution in [-0.2, 0) is 36.7 Å². The average molecular weight is 603 g/mol. The number of hydrogen-bond donors (Lipinski definition) is 0. The minimum absolute atomic E-state index is 0.248. The second-order valence-electron chi connectivity index (χ2n) is 10.4. The Bertz CT molecular complexity index is 755. The Labute approximate surface area is 248 Å². The molecular weight excluding hydrogens is 544 g/mol. The van der Waals surface area contributed by atoms with E-state index in [0.717, 1.165) is 24.8 Å². The molecule has 0 fully saturated rings. The molecule has 0 amide bonds. The lowest BCUT2D eigenvalue weighted by Gasteiger charge is -2.37. The summed E-state index contributed by atoms with van der Waals surface area (Å²) in [5, 5.41) is 0. The van der Waals surface area contributed by atoms with E-state index in [1.807, 2.05) is 41.5 Å². The number of carbonyl (C=O) groups excluding carboxylic acids is 1. The van der Waals surface area contributed by atoms with E-state index >= 15 is 0 Å². The molecule has 0 bridgehead atoms. The third-order valence-electron chi connectivity index (χ3n) is 6.00. The predicted octanol–water partition coefficient (Wildman–Crippen LogP) is 6.21. The fourth-order valence-corrected chi connectivity index (χ4v) is 7.98. The number of esters is 1. The molecule has 0 saturated heterocycles. The van der Waals surface area contributed by atoms with E-state index in [-0.39, 0.29) is 12.3 Å². The van der Waals surface area contributed by atoms with Gasteiger partial charge in [-0.2, -0.15) is 0 Å². The molecule has 40 heavy (non-hydrogen) atoms. The molecule has 0 heterocycles. The van der Waals surface area contributed by atoms with Crippen LogP contribution in [0.1, 0.15) is 94.4 Å². The quantitative estimate of drug-likeness (QED) is 0.0305. The SMILES string of the molecule is C=C(C)C(=O)OCCCC(C)(C)O[Si](CCCO[SiH2]/C=C(/C)CCC=C(C)C(OCC)OCC)(OCC)OCC. The Morgan fingerprint density at radius 2 is 1.57 bits per heavy atom. The minimum atomic E-state index is -2.89. The van der Waals surface area contributed by atoms with Crippen molar-refractivity contribution in [3.05, 3.63) is 35.1 Å². The summed E-state index contributed by atoms with van der Waals surface area (Å²) in [6.07, 6.45) is 6.13. The summed E-state index contributed by atoms with van der Waals surface area (Å²) in [5.74, 6) is -0.361. The van der Waals surface area contributed by atoms with Crippen LogP contribution < -0.4 is 0 Å². The first-order valence-electron chi connectivity index (χ1n) is 14.9. The van der Waals surface area contributed by atoms with Gasteiger partial charge in [-0.05, 0) is 100.0 Å². The van der Waals surface area contributed by atoms with Crippen LogP contribution in [-0.4, -0.2) is 76.1 Å². The Hall–Kier alpha value is -1.12. The third kappa shape index (κ3) is 18.3. The van der Waals surface area contributed by atoms with Crippen molar-refractivity contribution < 1.29 is 36.7 Å². The topological polar surface area (TPSA) is 81.7 Å². The Morgan fingerprint density at radius 3 is 2.12 bits per heavy atom. The summed E-state index contributed by atoms with van der Waals surface area (Å²) in [6.45, 7) is 24.8. The van der Waals surface area contributed by atoms with E-state index in [1.54, 1.807) is 6.92 Å². The van der Waals surface area contributed by atoms with E-state index in [0.29, 0.717) is 64.1 Å². The maximum Gasteiger partial charge on any atom is 0.501 e. The van der Waals surface area contributed by atoms with Gasteiger partial charge >= 0.3 is 14.8 Å². The highest BCUT2D eigenvalue weighted by molar-refractivity contribution is 6.60. The number of carbonyl (C=O) groups is 1. The van der Waals surface area contributed by atoms with Gasteiger partial charge in [0.05, 0.1) is 12.2 Å². The van der Waals surface area contributed by atoms with Crippen LogP contribution >= 0.6 is 0 Å². The van der Waals surface area contributed by atoms with Crippen molar-refractivity contribution in [2.45, 2.75) is 112 Å². The fourth-order valence-electron chi connectivity index (χ4n) is 4.01. The molecule has 0 aliphatic carbocycles. The maximum absolute atomic E-state index is 11.6. The minimum Gasteiger partial charge on any atom is -0.462 e. The number of allylic oxidation sites excluding steroid dienone is 2. The summed E-state index contributed by atoms with van der Waals surface area (Å²) >= 11 is 0. The normalized spacial score (nSPS) is 13.6. The first kappa shape index (κ1) is 38.9. The molecule has 0 aromatic heterocycles. The van der Waals surface area contributed by atoms with Gasteiger partial charge in [0, 0.05) is 44.7 Å². The molecule has 0 saturated carbocycles. The Balaban J connectivity index is 4.70. The Kier molecular flexibility index (Phi) is 21.9. The molecule has 0 spiro atoms.